The molecule has 0 saturated heterocycles. The summed E-state index contributed by atoms with van der Waals surface area (Å²) in [6.45, 7) is 0. The Kier molecular flexibility index (Phi) is 4.38. The number of hydrogen-bond donors (Lipinski definition) is 3. The summed E-state index contributed by atoms with van der Waals surface area (Å²) in [6, 6.07) is 13.1. The standard InChI is InChI=1S/C18H15BN2O3/c19-14-7-3-1-6-13(14)17(22)21-16(18(23)24)9-11-10-20-15-8-4-2-5-12(11)15/h1-8,10,16,20H,9H2,(H,21,22)(H,23,24)/t16-/m0/s1. The van der Waals surface area contributed by atoms with Crippen LogP contribution in [0.4, 0.5) is 0 Å². The maximum atomic E-state index is 12.3. The molecule has 3 N–H and O–H groups in total. The Hall–Kier alpha value is -3.02. The number of benzene rings is 2. The van der Waals surface area contributed by atoms with Crippen LogP contribution < -0.4 is 10.8 Å². The second-order valence-corrected chi connectivity index (χ2v) is 5.52. The van der Waals surface area contributed by atoms with Crippen LogP contribution in [-0.4, -0.2) is 35.9 Å². The summed E-state index contributed by atoms with van der Waals surface area (Å²) < 4.78 is 0. The molecule has 0 aliphatic rings. The number of nitrogens with one attached hydrogen (secondary N) is 2. The Labute approximate surface area is 140 Å². The van der Waals surface area contributed by atoms with Crippen LogP contribution in [0.25, 0.3) is 10.9 Å². The maximum Gasteiger partial charge on any atom is 0.326 e. The molecule has 0 fully saturated rings. The number of carbonyl (C=O) groups excluding carboxylic acids is 1. The first-order chi connectivity index (χ1) is 11.6. The van der Waals surface area contributed by atoms with E-state index in [4.69, 9.17) is 7.85 Å². The molecule has 0 bridgehead atoms. The van der Waals surface area contributed by atoms with Gasteiger partial charge < -0.3 is 15.4 Å². The molecular formula is C18H15BN2O3. The third-order valence-electron chi connectivity index (χ3n) is 3.91. The van der Waals surface area contributed by atoms with E-state index >= 15 is 0 Å². The molecule has 1 aromatic heterocycles. The number of aromatic amines is 1. The molecule has 24 heavy (non-hydrogen) atoms. The fourth-order valence-electron chi connectivity index (χ4n) is 2.66. The van der Waals surface area contributed by atoms with Crippen LogP contribution in [0.5, 0.6) is 0 Å². The van der Waals surface area contributed by atoms with Gasteiger partial charge in [0.2, 0.25) is 0 Å². The highest BCUT2D eigenvalue weighted by molar-refractivity contribution is 6.36. The van der Waals surface area contributed by atoms with Crippen molar-refractivity contribution >= 4 is 36.1 Å². The summed E-state index contributed by atoms with van der Waals surface area (Å²) in [4.78, 5) is 27.0. The number of aromatic nitrogens is 1. The van der Waals surface area contributed by atoms with Crippen molar-refractivity contribution in [2.24, 2.45) is 0 Å². The topological polar surface area (TPSA) is 82.2 Å². The summed E-state index contributed by atoms with van der Waals surface area (Å²) in [5.41, 5.74) is 2.34. The predicted molar refractivity (Wildman–Crippen MR) is 92.7 cm³/mol. The minimum atomic E-state index is -1.09. The van der Waals surface area contributed by atoms with Gasteiger partial charge in [-0.25, -0.2) is 4.79 Å². The van der Waals surface area contributed by atoms with Gasteiger partial charge in [-0.05, 0) is 11.6 Å². The van der Waals surface area contributed by atoms with Gasteiger partial charge >= 0.3 is 5.97 Å². The molecule has 0 saturated carbocycles. The summed E-state index contributed by atoms with van der Waals surface area (Å²) >= 11 is 0. The molecule has 3 rings (SSSR count). The van der Waals surface area contributed by atoms with Crippen LogP contribution >= 0.6 is 0 Å². The van der Waals surface area contributed by atoms with Crippen molar-refractivity contribution in [3.63, 3.8) is 0 Å². The molecule has 1 heterocycles. The van der Waals surface area contributed by atoms with Gasteiger partial charge in [-0.3, -0.25) is 4.79 Å². The van der Waals surface area contributed by atoms with Crippen LogP contribution in [0.2, 0.25) is 0 Å². The predicted octanol–water partition coefficient (Wildman–Crippen LogP) is 1.39. The monoisotopic (exact) mass is 318 g/mol. The molecule has 1 atom stereocenters. The third kappa shape index (κ3) is 3.17. The van der Waals surface area contributed by atoms with Gasteiger partial charge in [0.05, 0.1) is 0 Å². The van der Waals surface area contributed by atoms with Gasteiger partial charge in [0.1, 0.15) is 13.9 Å². The maximum absolute atomic E-state index is 12.3. The van der Waals surface area contributed by atoms with Crippen molar-refractivity contribution in [1.29, 1.82) is 0 Å². The third-order valence-corrected chi connectivity index (χ3v) is 3.91. The van der Waals surface area contributed by atoms with Gasteiger partial charge in [-0.2, -0.15) is 0 Å². The molecule has 2 aromatic carbocycles. The summed E-state index contributed by atoms with van der Waals surface area (Å²) in [6.07, 6.45) is 1.95. The van der Waals surface area contributed by atoms with Crippen LogP contribution in [0.3, 0.4) is 0 Å². The van der Waals surface area contributed by atoms with Crippen LogP contribution in [0.1, 0.15) is 15.9 Å². The van der Waals surface area contributed by atoms with E-state index in [1.165, 1.54) is 0 Å². The molecule has 1 amide bonds. The number of aliphatic carboxylic acids is 1. The largest absolute Gasteiger partial charge is 0.480 e. The lowest BCUT2D eigenvalue weighted by Gasteiger charge is -2.15. The number of para-hydroxylation sites is 1. The lowest BCUT2D eigenvalue weighted by Crippen LogP contribution is -2.43. The van der Waals surface area contributed by atoms with E-state index in [-0.39, 0.29) is 12.0 Å². The molecule has 2 radical (unpaired) electrons. The van der Waals surface area contributed by atoms with Crippen molar-refractivity contribution in [1.82, 2.24) is 10.3 Å². The highest BCUT2D eigenvalue weighted by Crippen LogP contribution is 2.19. The quantitative estimate of drug-likeness (QED) is 0.622. The molecule has 5 nitrogen and oxygen atoms in total. The normalized spacial score (nSPS) is 12.0. The second kappa shape index (κ2) is 6.62. The minimum absolute atomic E-state index is 0.178. The van der Waals surface area contributed by atoms with E-state index in [0.717, 1.165) is 16.5 Å². The van der Waals surface area contributed by atoms with Gasteiger partial charge in [0.25, 0.3) is 5.91 Å². The first-order valence-corrected chi connectivity index (χ1v) is 7.49. The molecule has 6 heteroatoms. The van der Waals surface area contributed by atoms with E-state index in [1.807, 2.05) is 24.3 Å². The van der Waals surface area contributed by atoms with Gasteiger partial charge in [-0.15, -0.1) is 0 Å². The van der Waals surface area contributed by atoms with Crippen LogP contribution in [0, 0.1) is 0 Å². The Morgan fingerprint density at radius 1 is 1.12 bits per heavy atom. The molecule has 0 unspecified atom stereocenters. The fourth-order valence-corrected chi connectivity index (χ4v) is 2.66. The van der Waals surface area contributed by atoms with Crippen molar-refractivity contribution in [2.45, 2.75) is 12.5 Å². The molecule has 118 valence electrons. The number of rotatable bonds is 5. The SMILES string of the molecule is [B]c1ccccc1C(=O)N[C@@H](Cc1c[nH]c2ccccc12)C(=O)O. The lowest BCUT2D eigenvalue weighted by atomic mass is 9.90. The van der Waals surface area contributed by atoms with Crippen molar-refractivity contribution < 1.29 is 14.7 Å². The lowest BCUT2D eigenvalue weighted by molar-refractivity contribution is -0.139. The zero-order valence-electron chi connectivity index (χ0n) is 12.8. The smallest absolute Gasteiger partial charge is 0.326 e. The average Bonchev–Trinajstić information content (AvgIpc) is 2.97. The number of carboxylic acids is 1. The van der Waals surface area contributed by atoms with Gasteiger partial charge in [0.15, 0.2) is 0 Å². The Morgan fingerprint density at radius 3 is 2.58 bits per heavy atom. The number of hydrogen-bond acceptors (Lipinski definition) is 2. The molecule has 0 aliphatic heterocycles. The van der Waals surface area contributed by atoms with Gasteiger partial charge in [0, 0.05) is 29.1 Å². The Morgan fingerprint density at radius 2 is 1.83 bits per heavy atom. The summed E-state index contributed by atoms with van der Waals surface area (Å²) in [7, 11) is 5.77. The highest BCUT2D eigenvalue weighted by Gasteiger charge is 2.22. The van der Waals surface area contributed by atoms with Crippen molar-refractivity contribution in [3.8, 4) is 0 Å². The first-order valence-electron chi connectivity index (χ1n) is 7.49. The summed E-state index contributed by atoms with van der Waals surface area (Å²) in [5, 5.41) is 12.9. The first kappa shape index (κ1) is 15.9. The number of amides is 1. The van der Waals surface area contributed by atoms with Crippen molar-refractivity contribution in [3.05, 3.63) is 65.9 Å². The van der Waals surface area contributed by atoms with Gasteiger partial charge in [-0.1, -0.05) is 47.9 Å². The number of carbonyl (C=O) groups is 2. The van der Waals surface area contributed by atoms with E-state index < -0.39 is 17.9 Å². The van der Waals surface area contributed by atoms with E-state index in [2.05, 4.69) is 10.3 Å². The molecule has 3 aromatic rings. The van der Waals surface area contributed by atoms with E-state index in [9.17, 15) is 14.7 Å². The Balaban J connectivity index is 1.82. The number of H-pyrrole nitrogens is 1. The zero-order valence-corrected chi connectivity index (χ0v) is 12.8. The molecule has 0 spiro atoms. The Bertz CT molecular complexity index is 904. The second-order valence-electron chi connectivity index (χ2n) is 5.52. The summed E-state index contributed by atoms with van der Waals surface area (Å²) in [5.74, 6) is -1.59. The zero-order chi connectivity index (χ0) is 17.1. The van der Waals surface area contributed by atoms with Crippen LogP contribution in [-0.2, 0) is 11.2 Å². The molecule has 0 aliphatic carbocycles. The van der Waals surface area contributed by atoms with E-state index in [0.29, 0.717) is 5.46 Å². The van der Waals surface area contributed by atoms with Crippen LogP contribution in [0.15, 0.2) is 54.7 Å². The van der Waals surface area contributed by atoms with Crippen molar-refractivity contribution in [2.75, 3.05) is 0 Å². The highest BCUT2D eigenvalue weighted by atomic mass is 16.4. The molecular weight excluding hydrogens is 303 g/mol. The number of fused-ring (bicyclic) bond motifs is 1. The average molecular weight is 318 g/mol. The fraction of sp³-hybridized carbons (Fsp3) is 0.111. The minimum Gasteiger partial charge on any atom is -0.480 e. The number of carboxylic acid groups (broad SMARTS) is 1. The van der Waals surface area contributed by atoms with E-state index in [1.54, 1.807) is 30.5 Å².